The number of Topliss-reactive ketones (excluding diaryl/α,β-unsaturated/α-hetero) is 1. The molecule has 0 saturated carbocycles. The number of hydrogen-bond acceptors (Lipinski definition) is 6. The molecule has 1 aromatic carbocycles. The molecule has 1 N–H and O–H groups in total. The maximum absolute atomic E-state index is 13.2. The Morgan fingerprint density at radius 2 is 1.83 bits per heavy atom. The standard InChI is InChI=1S/C19H16ClFN4O3S/c20-16-11-15(3-4-17(16)21)29(27,28)23-12-14-2-5-18(25-24-14)19(26)6-1-13-7-9-22-10-8-13/h2-5,7-11,23H,1,6,12H2. The number of sulfonamides is 1. The lowest BCUT2D eigenvalue weighted by Crippen LogP contribution is -2.24. The number of nitrogens with zero attached hydrogens (tertiary/aromatic N) is 3. The molecule has 0 bridgehead atoms. The van der Waals surface area contributed by atoms with Gasteiger partial charge in [0.1, 0.15) is 11.5 Å². The number of ketones is 1. The Morgan fingerprint density at radius 1 is 1.07 bits per heavy atom. The van der Waals surface area contributed by atoms with E-state index in [1.807, 2.05) is 12.1 Å². The van der Waals surface area contributed by atoms with Gasteiger partial charge in [-0.15, -0.1) is 5.10 Å². The average Bonchev–Trinajstić information content (AvgIpc) is 2.73. The molecule has 3 aromatic rings. The minimum atomic E-state index is -3.90. The zero-order chi connectivity index (χ0) is 20.9. The van der Waals surface area contributed by atoms with Gasteiger partial charge in [0.25, 0.3) is 0 Å². The molecule has 3 rings (SSSR count). The third kappa shape index (κ3) is 5.63. The Morgan fingerprint density at radius 3 is 2.48 bits per heavy atom. The van der Waals surface area contributed by atoms with Crippen molar-refractivity contribution in [2.24, 2.45) is 0 Å². The summed E-state index contributed by atoms with van der Waals surface area (Å²) < 4.78 is 40.1. The van der Waals surface area contributed by atoms with E-state index in [-0.39, 0.29) is 34.4 Å². The van der Waals surface area contributed by atoms with Crippen LogP contribution in [-0.4, -0.2) is 29.4 Å². The molecule has 7 nitrogen and oxygen atoms in total. The monoisotopic (exact) mass is 434 g/mol. The van der Waals surface area contributed by atoms with Gasteiger partial charge in [-0.25, -0.2) is 17.5 Å². The molecule has 29 heavy (non-hydrogen) atoms. The topological polar surface area (TPSA) is 102 Å². The number of hydrogen-bond donors (Lipinski definition) is 1. The van der Waals surface area contributed by atoms with Crippen molar-refractivity contribution in [2.45, 2.75) is 24.3 Å². The number of benzene rings is 1. The largest absolute Gasteiger partial charge is 0.292 e. The van der Waals surface area contributed by atoms with E-state index in [9.17, 15) is 17.6 Å². The highest BCUT2D eigenvalue weighted by Gasteiger charge is 2.16. The molecule has 0 amide bonds. The van der Waals surface area contributed by atoms with Crippen molar-refractivity contribution < 1.29 is 17.6 Å². The van der Waals surface area contributed by atoms with E-state index in [1.165, 1.54) is 12.1 Å². The summed E-state index contributed by atoms with van der Waals surface area (Å²) in [5.41, 5.74) is 1.52. The summed E-state index contributed by atoms with van der Waals surface area (Å²) >= 11 is 5.62. The summed E-state index contributed by atoms with van der Waals surface area (Å²) in [6, 6.07) is 9.80. The van der Waals surface area contributed by atoms with E-state index in [4.69, 9.17) is 11.6 Å². The van der Waals surface area contributed by atoms with Gasteiger partial charge in [0.15, 0.2) is 5.78 Å². The zero-order valence-corrected chi connectivity index (χ0v) is 16.6. The summed E-state index contributed by atoms with van der Waals surface area (Å²) in [4.78, 5) is 16.0. The summed E-state index contributed by atoms with van der Waals surface area (Å²) in [6.45, 7) is -0.143. The maximum atomic E-state index is 13.2. The van der Waals surface area contributed by atoms with E-state index >= 15 is 0 Å². The second-order valence-electron chi connectivity index (χ2n) is 6.09. The normalized spacial score (nSPS) is 11.4. The van der Waals surface area contributed by atoms with Crippen molar-refractivity contribution in [3.8, 4) is 0 Å². The van der Waals surface area contributed by atoms with Gasteiger partial charge in [-0.2, -0.15) is 5.10 Å². The van der Waals surface area contributed by atoms with Crippen LogP contribution in [0.15, 0.2) is 59.8 Å². The molecule has 0 spiro atoms. The number of aromatic nitrogens is 3. The highest BCUT2D eigenvalue weighted by atomic mass is 35.5. The second-order valence-corrected chi connectivity index (χ2v) is 8.26. The molecular formula is C19H16ClFN4O3S. The Balaban J connectivity index is 1.58. The minimum Gasteiger partial charge on any atom is -0.292 e. The minimum absolute atomic E-state index is 0.143. The number of rotatable bonds is 8. The summed E-state index contributed by atoms with van der Waals surface area (Å²) in [5, 5.41) is 7.47. The second kappa shape index (κ2) is 9.17. The van der Waals surface area contributed by atoms with Gasteiger partial charge >= 0.3 is 0 Å². The fraction of sp³-hybridized carbons (Fsp3) is 0.158. The Kier molecular flexibility index (Phi) is 6.63. The van der Waals surface area contributed by atoms with Crippen LogP contribution in [0.3, 0.4) is 0 Å². The van der Waals surface area contributed by atoms with Gasteiger partial charge in [-0.1, -0.05) is 11.6 Å². The third-order valence-electron chi connectivity index (χ3n) is 4.04. The van der Waals surface area contributed by atoms with E-state index in [2.05, 4.69) is 19.9 Å². The van der Waals surface area contributed by atoms with Crippen LogP contribution in [0.2, 0.25) is 5.02 Å². The van der Waals surface area contributed by atoms with Crippen LogP contribution in [0.4, 0.5) is 4.39 Å². The summed E-state index contributed by atoms with van der Waals surface area (Å²) in [7, 11) is -3.90. The average molecular weight is 435 g/mol. The molecule has 0 unspecified atom stereocenters. The number of pyridine rings is 1. The fourth-order valence-corrected chi connectivity index (χ4v) is 3.70. The van der Waals surface area contributed by atoms with Crippen molar-refractivity contribution in [3.05, 3.63) is 82.6 Å². The Labute approximate surface area is 172 Å². The molecule has 0 aliphatic rings. The molecule has 0 fully saturated rings. The highest BCUT2D eigenvalue weighted by Crippen LogP contribution is 2.19. The van der Waals surface area contributed by atoms with Crippen molar-refractivity contribution in [1.29, 1.82) is 0 Å². The first kappa shape index (κ1) is 21.0. The number of halogens is 2. The van der Waals surface area contributed by atoms with Crippen LogP contribution < -0.4 is 4.72 Å². The van der Waals surface area contributed by atoms with Gasteiger partial charge in [0, 0.05) is 18.8 Å². The van der Waals surface area contributed by atoms with Crippen LogP contribution in [0.5, 0.6) is 0 Å². The molecule has 10 heteroatoms. The molecule has 2 aromatic heterocycles. The molecule has 2 heterocycles. The lowest BCUT2D eigenvalue weighted by molar-refractivity contribution is 0.0977. The summed E-state index contributed by atoms with van der Waals surface area (Å²) in [6.07, 6.45) is 4.16. The van der Waals surface area contributed by atoms with E-state index in [1.54, 1.807) is 12.4 Å². The number of aryl methyl sites for hydroxylation is 1. The van der Waals surface area contributed by atoms with Gasteiger partial charge < -0.3 is 0 Å². The van der Waals surface area contributed by atoms with E-state index in [0.717, 1.165) is 23.8 Å². The maximum Gasteiger partial charge on any atom is 0.240 e. The molecular weight excluding hydrogens is 419 g/mol. The molecule has 0 atom stereocenters. The lowest BCUT2D eigenvalue weighted by Gasteiger charge is -2.07. The quantitative estimate of drug-likeness (QED) is 0.547. The van der Waals surface area contributed by atoms with Gasteiger partial charge in [-0.05, 0) is 54.4 Å². The van der Waals surface area contributed by atoms with Gasteiger partial charge in [-0.3, -0.25) is 9.78 Å². The first-order chi connectivity index (χ1) is 13.8. The third-order valence-corrected chi connectivity index (χ3v) is 5.73. The Bertz CT molecular complexity index is 1110. The highest BCUT2D eigenvalue weighted by molar-refractivity contribution is 7.89. The van der Waals surface area contributed by atoms with Crippen molar-refractivity contribution >= 4 is 27.4 Å². The molecule has 150 valence electrons. The predicted octanol–water partition coefficient (Wildman–Crippen LogP) is 2.96. The van der Waals surface area contributed by atoms with Crippen LogP contribution in [0.1, 0.15) is 28.2 Å². The van der Waals surface area contributed by atoms with E-state index < -0.39 is 15.8 Å². The van der Waals surface area contributed by atoms with Crippen LogP contribution >= 0.6 is 11.6 Å². The number of carbonyl (C=O) groups is 1. The molecule has 0 saturated heterocycles. The number of carbonyl (C=O) groups excluding carboxylic acids is 1. The predicted molar refractivity (Wildman–Crippen MR) is 104 cm³/mol. The van der Waals surface area contributed by atoms with Crippen LogP contribution in [0.25, 0.3) is 0 Å². The van der Waals surface area contributed by atoms with Crippen molar-refractivity contribution in [3.63, 3.8) is 0 Å². The zero-order valence-electron chi connectivity index (χ0n) is 15.0. The van der Waals surface area contributed by atoms with Crippen molar-refractivity contribution in [2.75, 3.05) is 0 Å². The van der Waals surface area contributed by atoms with Crippen LogP contribution in [0, 0.1) is 5.82 Å². The summed E-state index contributed by atoms with van der Waals surface area (Å²) in [5.74, 6) is -0.872. The molecule has 0 aliphatic carbocycles. The molecule has 0 aliphatic heterocycles. The SMILES string of the molecule is O=C(CCc1ccncc1)c1ccc(CNS(=O)(=O)c2ccc(F)c(Cl)c2)nn1. The smallest absolute Gasteiger partial charge is 0.240 e. The first-order valence-electron chi connectivity index (χ1n) is 8.54. The lowest BCUT2D eigenvalue weighted by atomic mass is 10.1. The van der Waals surface area contributed by atoms with Crippen LogP contribution in [-0.2, 0) is 23.0 Å². The van der Waals surface area contributed by atoms with Crippen molar-refractivity contribution in [1.82, 2.24) is 19.9 Å². The molecule has 0 radical (unpaired) electrons. The van der Waals surface area contributed by atoms with Gasteiger partial charge in [0.2, 0.25) is 10.0 Å². The van der Waals surface area contributed by atoms with E-state index in [0.29, 0.717) is 12.1 Å². The Hall–Kier alpha value is -2.75. The van der Waals surface area contributed by atoms with Gasteiger partial charge in [0.05, 0.1) is 22.2 Å². The fourth-order valence-electron chi connectivity index (χ4n) is 2.43. The number of nitrogens with one attached hydrogen (secondary N) is 1. The first-order valence-corrected chi connectivity index (χ1v) is 10.4.